The van der Waals surface area contributed by atoms with Gasteiger partial charge in [-0.05, 0) is 36.8 Å². The number of ketones is 1. The molecular formula is C10H13BrOS. The molecule has 1 aromatic heterocycles. The summed E-state index contributed by atoms with van der Waals surface area (Å²) in [4.78, 5) is 12.5. The Hall–Kier alpha value is -0.150. The number of thiophene rings is 1. The zero-order valence-electron chi connectivity index (χ0n) is 7.68. The molecule has 0 aliphatic heterocycles. The third-order valence-corrected chi connectivity index (χ3v) is 3.52. The molecule has 1 rings (SSSR count). The van der Waals surface area contributed by atoms with Crippen molar-refractivity contribution < 1.29 is 4.79 Å². The Morgan fingerprint density at radius 1 is 1.54 bits per heavy atom. The normalized spacial score (nSPS) is 10.3. The van der Waals surface area contributed by atoms with Crippen molar-refractivity contribution in [3.63, 3.8) is 0 Å². The number of hydrogen-bond acceptors (Lipinski definition) is 2. The summed E-state index contributed by atoms with van der Waals surface area (Å²) in [5.74, 6) is 0.299. The molecule has 1 nitrogen and oxygen atoms in total. The van der Waals surface area contributed by atoms with Gasteiger partial charge >= 0.3 is 0 Å². The molecule has 0 atom stereocenters. The number of Topliss-reactive ketones (excluding diaryl/α,β-unsaturated/α-hetero) is 1. The highest BCUT2D eigenvalue weighted by molar-refractivity contribution is 9.09. The van der Waals surface area contributed by atoms with Crippen LogP contribution >= 0.6 is 27.3 Å². The van der Waals surface area contributed by atoms with Gasteiger partial charge in [0.15, 0.2) is 5.78 Å². The average molecular weight is 261 g/mol. The van der Waals surface area contributed by atoms with Crippen molar-refractivity contribution in [3.8, 4) is 0 Å². The van der Waals surface area contributed by atoms with E-state index in [-0.39, 0.29) is 0 Å². The minimum Gasteiger partial charge on any atom is -0.293 e. The highest BCUT2D eigenvalue weighted by Gasteiger charge is 2.09. The van der Waals surface area contributed by atoms with Crippen molar-refractivity contribution in [2.45, 2.75) is 26.2 Å². The maximum Gasteiger partial charge on any atom is 0.173 e. The number of alkyl halides is 1. The zero-order valence-corrected chi connectivity index (χ0v) is 10.1. The van der Waals surface area contributed by atoms with Crippen LogP contribution in [0.5, 0.6) is 0 Å². The van der Waals surface area contributed by atoms with Gasteiger partial charge in [-0.3, -0.25) is 4.79 Å². The molecule has 13 heavy (non-hydrogen) atoms. The fraction of sp³-hybridized carbons (Fsp3) is 0.500. The minimum atomic E-state index is 0.299. The first kappa shape index (κ1) is 10.9. The maximum absolute atomic E-state index is 11.6. The van der Waals surface area contributed by atoms with E-state index in [0.717, 1.165) is 28.6 Å². The summed E-state index contributed by atoms with van der Waals surface area (Å²) in [6, 6.07) is 2.00. The molecule has 0 fully saturated rings. The fourth-order valence-corrected chi connectivity index (χ4v) is 2.44. The second-order valence-corrected chi connectivity index (χ2v) is 4.71. The summed E-state index contributed by atoms with van der Waals surface area (Å²) in [5.41, 5.74) is 1.12. The molecule has 0 N–H and O–H groups in total. The van der Waals surface area contributed by atoms with E-state index in [0.29, 0.717) is 12.2 Å². The summed E-state index contributed by atoms with van der Waals surface area (Å²) in [5, 5.41) is 2.97. The minimum absolute atomic E-state index is 0.299. The second-order valence-electron chi connectivity index (χ2n) is 3.00. The third-order valence-electron chi connectivity index (χ3n) is 1.90. The van der Waals surface area contributed by atoms with Crippen molar-refractivity contribution >= 4 is 33.0 Å². The lowest BCUT2D eigenvalue weighted by Gasteiger charge is -1.97. The fourth-order valence-electron chi connectivity index (χ4n) is 1.15. The lowest BCUT2D eigenvalue weighted by molar-refractivity contribution is 0.0983. The van der Waals surface area contributed by atoms with Gasteiger partial charge in [0.1, 0.15) is 0 Å². The molecule has 0 saturated heterocycles. The zero-order chi connectivity index (χ0) is 9.68. The molecule has 0 amide bonds. The van der Waals surface area contributed by atoms with E-state index in [4.69, 9.17) is 0 Å². The van der Waals surface area contributed by atoms with Gasteiger partial charge in [-0.2, -0.15) is 0 Å². The van der Waals surface area contributed by atoms with E-state index in [1.807, 2.05) is 18.4 Å². The molecule has 0 aliphatic rings. The van der Waals surface area contributed by atoms with Crippen LogP contribution in [-0.4, -0.2) is 11.1 Å². The molecule has 0 unspecified atom stereocenters. The number of unbranched alkanes of at least 4 members (excludes halogenated alkanes) is 1. The first-order valence-corrected chi connectivity index (χ1v) is 6.39. The van der Waals surface area contributed by atoms with Crippen molar-refractivity contribution in [2.24, 2.45) is 0 Å². The third kappa shape index (κ3) is 3.24. The molecule has 1 aromatic rings. The smallest absolute Gasteiger partial charge is 0.173 e. The quantitative estimate of drug-likeness (QED) is 0.447. The highest BCUT2D eigenvalue weighted by Crippen LogP contribution is 2.18. The van der Waals surface area contributed by atoms with E-state index in [2.05, 4.69) is 15.9 Å². The van der Waals surface area contributed by atoms with Crippen LogP contribution in [-0.2, 0) is 0 Å². The Morgan fingerprint density at radius 3 is 2.85 bits per heavy atom. The van der Waals surface area contributed by atoms with Crippen LogP contribution in [0.4, 0.5) is 0 Å². The van der Waals surface area contributed by atoms with Gasteiger partial charge < -0.3 is 0 Å². The van der Waals surface area contributed by atoms with Crippen LogP contribution in [0.3, 0.4) is 0 Å². The van der Waals surface area contributed by atoms with Crippen LogP contribution in [0.1, 0.15) is 34.5 Å². The Morgan fingerprint density at radius 2 is 2.31 bits per heavy atom. The van der Waals surface area contributed by atoms with E-state index in [1.54, 1.807) is 11.3 Å². The van der Waals surface area contributed by atoms with Crippen molar-refractivity contribution in [1.82, 2.24) is 0 Å². The Labute approximate surface area is 91.3 Å². The molecule has 0 bridgehead atoms. The molecule has 0 radical (unpaired) electrons. The molecule has 1 heterocycles. The van der Waals surface area contributed by atoms with E-state index in [1.165, 1.54) is 0 Å². The number of aryl methyl sites for hydroxylation is 1. The number of rotatable bonds is 5. The topological polar surface area (TPSA) is 17.1 Å². The largest absolute Gasteiger partial charge is 0.293 e. The number of hydrogen-bond donors (Lipinski definition) is 0. The van der Waals surface area contributed by atoms with E-state index < -0.39 is 0 Å². The predicted molar refractivity (Wildman–Crippen MR) is 61.0 cm³/mol. The van der Waals surface area contributed by atoms with Gasteiger partial charge in [0.05, 0.1) is 4.88 Å². The summed E-state index contributed by atoms with van der Waals surface area (Å²) in [6.45, 7) is 1.99. The number of carbonyl (C=O) groups is 1. The van der Waals surface area contributed by atoms with Gasteiger partial charge in [0.25, 0.3) is 0 Å². The molecule has 72 valence electrons. The lowest BCUT2D eigenvalue weighted by Crippen LogP contribution is -1.97. The first-order chi connectivity index (χ1) is 6.25. The highest BCUT2D eigenvalue weighted by atomic mass is 79.9. The standard InChI is InChI=1S/C10H13BrOS/c1-8-5-7-13-10(8)9(12)4-2-3-6-11/h5,7H,2-4,6H2,1H3. The molecule has 0 spiro atoms. The van der Waals surface area contributed by atoms with Crippen LogP contribution in [0, 0.1) is 6.92 Å². The van der Waals surface area contributed by atoms with Crippen LogP contribution in [0.25, 0.3) is 0 Å². The number of carbonyl (C=O) groups excluding carboxylic acids is 1. The molecule has 0 aliphatic carbocycles. The van der Waals surface area contributed by atoms with Crippen molar-refractivity contribution in [2.75, 3.05) is 5.33 Å². The van der Waals surface area contributed by atoms with Crippen LogP contribution in [0.15, 0.2) is 11.4 Å². The van der Waals surface area contributed by atoms with Gasteiger partial charge in [-0.1, -0.05) is 15.9 Å². The van der Waals surface area contributed by atoms with Crippen molar-refractivity contribution in [1.29, 1.82) is 0 Å². The van der Waals surface area contributed by atoms with Crippen molar-refractivity contribution in [3.05, 3.63) is 21.9 Å². The Bertz CT molecular complexity index is 280. The van der Waals surface area contributed by atoms with E-state index in [9.17, 15) is 4.79 Å². The lowest BCUT2D eigenvalue weighted by atomic mass is 10.1. The van der Waals surface area contributed by atoms with E-state index >= 15 is 0 Å². The summed E-state index contributed by atoms with van der Waals surface area (Å²) in [7, 11) is 0. The average Bonchev–Trinajstić information content (AvgIpc) is 2.52. The molecular weight excluding hydrogens is 248 g/mol. The molecule has 0 saturated carbocycles. The van der Waals surface area contributed by atoms with Crippen LogP contribution in [0.2, 0.25) is 0 Å². The first-order valence-electron chi connectivity index (χ1n) is 4.39. The number of halogens is 1. The summed E-state index contributed by atoms with van der Waals surface area (Å²) < 4.78 is 0. The van der Waals surface area contributed by atoms with Gasteiger partial charge in [-0.25, -0.2) is 0 Å². The van der Waals surface area contributed by atoms with Crippen LogP contribution < -0.4 is 0 Å². The van der Waals surface area contributed by atoms with Gasteiger partial charge in [0, 0.05) is 11.8 Å². The second kappa shape index (κ2) is 5.55. The Balaban J connectivity index is 2.45. The molecule has 3 heteroatoms. The monoisotopic (exact) mass is 260 g/mol. The Kier molecular flexibility index (Phi) is 4.67. The summed E-state index contributed by atoms with van der Waals surface area (Å²) in [6.07, 6.45) is 2.75. The SMILES string of the molecule is Cc1ccsc1C(=O)CCCCBr. The van der Waals surface area contributed by atoms with Gasteiger partial charge in [-0.15, -0.1) is 11.3 Å². The van der Waals surface area contributed by atoms with Gasteiger partial charge in [0.2, 0.25) is 0 Å². The predicted octanol–water partition coefficient (Wildman–Crippen LogP) is 3.80. The summed E-state index contributed by atoms with van der Waals surface area (Å²) >= 11 is 4.91. The maximum atomic E-state index is 11.6. The molecule has 0 aromatic carbocycles.